The first-order valence-electron chi connectivity index (χ1n) is 9.33. The van der Waals surface area contributed by atoms with E-state index in [2.05, 4.69) is 35.3 Å². The number of hydrogen-bond acceptors (Lipinski definition) is 4. The lowest BCUT2D eigenvalue weighted by Crippen LogP contribution is -1.85. The third-order valence-corrected chi connectivity index (χ3v) is 5.22. The van der Waals surface area contributed by atoms with E-state index in [-0.39, 0.29) is 5.82 Å². The highest BCUT2D eigenvalue weighted by Gasteiger charge is 2.16. The van der Waals surface area contributed by atoms with Crippen LogP contribution in [0.15, 0.2) is 67.4 Å². The van der Waals surface area contributed by atoms with Crippen LogP contribution in [0.2, 0.25) is 0 Å². The molecule has 5 heterocycles. The molecule has 0 saturated heterocycles. The van der Waals surface area contributed by atoms with Gasteiger partial charge in [0.05, 0.1) is 29.3 Å². The average molecular weight is 395 g/mol. The second-order valence-electron chi connectivity index (χ2n) is 6.99. The van der Waals surface area contributed by atoms with Crippen LogP contribution in [-0.2, 0) is 0 Å². The van der Waals surface area contributed by atoms with Gasteiger partial charge >= 0.3 is 0 Å². The molecule has 0 spiro atoms. The van der Waals surface area contributed by atoms with Gasteiger partial charge in [-0.25, -0.2) is 9.37 Å². The van der Waals surface area contributed by atoms with Crippen molar-refractivity contribution in [3.63, 3.8) is 0 Å². The maximum Gasteiger partial charge on any atom is 0.181 e. The highest BCUT2D eigenvalue weighted by molar-refractivity contribution is 6.00. The van der Waals surface area contributed by atoms with E-state index in [1.54, 1.807) is 36.9 Å². The Hall–Kier alpha value is -4.33. The van der Waals surface area contributed by atoms with Crippen LogP contribution in [0.4, 0.5) is 4.39 Å². The van der Waals surface area contributed by atoms with Crippen LogP contribution in [0, 0.1) is 5.82 Å². The van der Waals surface area contributed by atoms with Gasteiger partial charge in [0.2, 0.25) is 0 Å². The molecule has 0 aliphatic rings. The molecular formula is C22H14FN7. The van der Waals surface area contributed by atoms with Gasteiger partial charge in [0, 0.05) is 51.6 Å². The van der Waals surface area contributed by atoms with Gasteiger partial charge in [-0.2, -0.15) is 10.2 Å². The molecular weight excluding hydrogens is 381 g/mol. The van der Waals surface area contributed by atoms with Gasteiger partial charge in [0.25, 0.3) is 0 Å². The Morgan fingerprint density at radius 1 is 0.867 bits per heavy atom. The molecule has 30 heavy (non-hydrogen) atoms. The lowest BCUT2D eigenvalue weighted by atomic mass is 10.0. The lowest BCUT2D eigenvalue weighted by molar-refractivity contribution is 0.631. The zero-order valence-electron chi connectivity index (χ0n) is 15.5. The highest BCUT2D eigenvalue weighted by atomic mass is 19.1. The molecule has 0 aliphatic carbocycles. The third kappa shape index (κ3) is 2.51. The van der Waals surface area contributed by atoms with Gasteiger partial charge in [-0.3, -0.25) is 15.2 Å². The Balaban J connectivity index is 1.54. The molecule has 144 valence electrons. The van der Waals surface area contributed by atoms with Crippen LogP contribution in [0.3, 0.4) is 0 Å². The summed E-state index contributed by atoms with van der Waals surface area (Å²) in [4.78, 5) is 12.1. The molecule has 0 radical (unpaired) electrons. The summed E-state index contributed by atoms with van der Waals surface area (Å²) in [6.45, 7) is 0. The molecule has 0 amide bonds. The van der Waals surface area contributed by atoms with Gasteiger partial charge < -0.3 is 4.98 Å². The number of nitrogens with one attached hydrogen (secondary N) is 3. The molecule has 5 aromatic heterocycles. The van der Waals surface area contributed by atoms with E-state index in [0.29, 0.717) is 11.2 Å². The highest BCUT2D eigenvalue weighted by Crippen LogP contribution is 2.34. The van der Waals surface area contributed by atoms with Gasteiger partial charge in [-0.1, -0.05) is 18.2 Å². The monoisotopic (exact) mass is 395 g/mol. The molecule has 0 fully saturated rings. The smallest absolute Gasteiger partial charge is 0.181 e. The summed E-state index contributed by atoms with van der Waals surface area (Å²) in [6, 6.07) is 10.7. The Kier molecular flexibility index (Phi) is 3.51. The van der Waals surface area contributed by atoms with Crippen molar-refractivity contribution in [3.8, 4) is 33.6 Å². The fourth-order valence-electron chi connectivity index (χ4n) is 3.75. The maximum atomic E-state index is 14.4. The summed E-state index contributed by atoms with van der Waals surface area (Å²) < 4.78 is 14.4. The largest absolute Gasteiger partial charge is 0.352 e. The molecule has 0 unspecified atom stereocenters. The molecule has 0 aliphatic heterocycles. The molecule has 0 saturated carbocycles. The summed E-state index contributed by atoms with van der Waals surface area (Å²) >= 11 is 0. The van der Waals surface area contributed by atoms with Crippen molar-refractivity contribution in [1.29, 1.82) is 0 Å². The van der Waals surface area contributed by atoms with E-state index in [0.717, 1.165) is 44.4 Å². The molecule has 6 rings (SSSR count). The molecule has 0 bridgehead atoms. The molecule has 3 N–H and O–H groups in total. The molecule has 7 nitrogen and oxygen atoms in total. The SMILES string of the molecule is Fc1ccccc1-c1cncc2[nH]c(-c3[nH]nc4ncc(-c5cn[nH]c5)cc34)cc12. The third-order valence-electron chi connectivity index (χ3n) is 5.22. The lowest BCUT2D eigenvalue weighted by Gasteiger charge is -2.03. The van der Waals surface area contributed by atoms with E-state index >= 15 is 0 Å². The maximum absolute atomic E-state index is 14.4. The van der Waals surface area contributed by atoms with Crippen LogP contribution in [0.5, 0.6) is 0 Å². The van der Waals surface area contributed by atoms with Crippen molar-refractivity contribution in [1.82, 2.24) is 35.3 Å². The number of halogens is 1. The molecule has 0 atom stereocenters. The van der Waals surface area contributed by atoms with Crippen LogP contribution >= 0.6 is 0 Å². The normalized spacial score (nSPS) is 11.5. The topological polar surface area (TPSA) is 98.9 Å². The van der Waals surface area contributed by atoms with E-state index in [1.165, 1.54) is 6.07 Å². The fourth-order valence-corrected chi connectivity index (χ4v) is 3.75. The minimum atomic E-state index is -0.282. The zero-order valence-corrected chi connectivity index (χ0v) is 15.5. The average Bonchev–Trinajstić information content (AvgIpc) is 3.51. The predicted octanol–water partition coefficient (Wildman–Crippen LogP) is 4.70. The first-order chi connectivity index (χ1) is 14.8. The molecule has 1 aromatic carbocycles. The van der Waals surface area contributed by atoms with Gasteiger partial charge in [0.1, 0.15) is 5.82 Å². The van der Waals surface area contributed by atoms with E-state index < -0.39 is 0 Å². The van der Waals surface area contributed by atoms with Crippen molar-refractivity contribution in [2.24, 2.45) is 0 Å². The number of benzene rings is 1. The minimum absolute atomic E-state index is 0.282. The molecule has 8 heteroatoms. The summed E-state index contributed by atoms with van der Waals surface area (Å²) in [5.41, 5.74) is 6.18. The Morgan fingerprint density at radius 3 is 2.67 bits per heavy atom. The summed E-state index contributed by atoms with van der Waals surface area (Å²) in [6.07, 6.45) is 8.75. The number of nitrogens with zero attached hydrogens (tertiary/aromatic N) is 4. The number of fused-ring (bicyclic) bond motifs is 2. The van der Waals surface area contributed by atoms with Crippen LogP contribution in [0.25, 0.3) is 55.6 Å². The number of aromatic amines is 3. The standard InChI is InChI=1S/C22H14FN7/c23-18-4-2-1-3-14(18)17-10-24-11-20-15(17)6-19(28-20)21-16-5-12(13-8-26-27-9-13)7-25-22(16)30-29-21/h1-11,28H,(H,26,27)(H,25,29,30). The first kappa shape index (κ1) is 16.6. The Bertz CT molecular complexity index is 1510. The van der Waals surface area contributed by atoms with E-state index in [4.69, 9.17) is 0 Å². The first-order valence-corrected chi connectivity index (χ1v) is 9.33. The zero-order chi connectivity index (χ0) is 20.1. The van der Waals surface area contributed by atoms with Crippen molar-refractivity contribution in [3.05, 3.63) is 73.2 Å². The van der Waals surface area contributed by atoms with Crippen LogP contribution in [-0.4, -0.2) is 35.3 Å². The van der Waals surface area contributed by atoms with Crippen LogP contribution < -0.4 is 0 Å². The molecule has 6 aromatic rings. The van der Waals surface area contributed by atoms with Crippen molar-refractivity contribution in [2.45, 2.75) is 0 Å². The summed E-state index contributed by atoms with van der Waals surface area (Å²) in [5, 5.41) is 16.0. The van der Waals surface area contributed by atoms with Crippen molar-refractivity contribution < 1.29 is 4.39 Å². The van der Waals surface area contributed by atoms with Gasteiger partial charge in [0.15, 0.2) is 5.65 Å². The summed E-state index contributed by atoms with van der Waals surface area (Å²) in [7, 11) is 0. The van der Waals surface area contributed by atoms with E-state index in [9.17, 15) is 4.39 Å². The fraction of sp³-hybridized carbons (Fsp3) is 0. The van der Waals surface area contributed by atoms with Gasteiger partial charge in [-0.15, -0.1) is 0 Å². The summed E-state index contributed by atoms with van der Waals surface area (Å²) in [5.74, 6) is -0.282. The van der Waals surface area contributed by atoms with Crippen molar-refractivity contribution >= 4 is 21.9 Å². The number of rotatable bonds is 3. The predicted molar refractivity (Wildman–Crippen MR) is 112 cm³/mol. The number of aromatic nitrogens is 7. The van der Waals surface area contributed by atoms with Crippen molar-refractivity contribution in [2.75, 3.05) is 0 Å². The Labute approximate surface area is 169 Å². The number of H-pyrrole nitrogens is 3. The second kappa shape index (κ2) is 6.35. The second-order valence-corrected chi connectivity index (χ2v) is 6.99. The quantitative estimate of drug-likeness (QED) is 0.404. The number of hydrogen-bond donors (Lipinski definition) is 3. The Morgan fingerprint density at radius 2 is 1.80 bits per heavy atom. The minimum Gasteiger partial charge on any atom is -0.352 e. The van der Waals surface area contributed by atoms with E-state index in [1.807, 2.05) is 24.4 Å². The van der Waals surface area contributed by atoms with Gasteiger partial charge in [-0.05, 0) is 18.2 Å². The van der Waals surface area contributed by atoms with Crippen LogP contribution in [0.1, 0.15) is 0 Å². The number of pyridine rings is 2.